The Balaban J connectivity index is 0.818. The van der Waals surface area contributed by atoms with E-state index < -0.39 is 23.4 Å². The summed E-state index contributed by atoms with van der Waals surface area (Å²) in [6.45, 7) is 16.1. The first-order valence-electron chi connectivity index (χ1n) is 23.1. The van der Waals surface area contributed by atoms with Crippen LogP contribution in [0.1, 0.15) is 91.7 Å². The van der Waals surface area contributed by atoms with Crippen molar-refractivity contribution in [3.8, 4) is 22.3 Å². The minimum Gasteiger partial charge on any atom is -0.489 e. The third kappa shape index (κ3) is 13.1. The molecular formula is C51H65ClN6O8S. The average molecular weight is 958 g/mol. The van der Waals surface area contributed by atoms with Crippen LogP contribution in [-0.4, -0.2) is 103 Å². The van der Waals surface area contributed by atoms with Gasteiger partial charge in [0.1, 0.15) is 36.6 Å². The smallest absolute Gasteiger partial charge is 0.251 e. The Labute approximate surface area is 403 Å². The van der Waals surface area contributed by atoms with Crippen molar-refractivity contribution in [2.24, 2.45) is 16.2 Å². The van der Waals surface area contributed by atoms with Gasteiger partial charge < -0.3 is 39.8 Å². The van der Waals surface area contributed by atoms with Gasteiger partial charge in [0.15, 0.2) is 0 Å². The van der Waals surface area contributed by atoms with Crippen LogP contribution in [0.4, 0.5) is 0 Å². The van der Waals surface area contributed by atoms with Crippen LogP contribution in [0.2, 0.25) is 5.02 Å². The lowest BCUT2D eigenvalue weighted by Crippen LogP contribution is -2.74. The summed E-state index contributed by atoms with van der Waals surface area (Å²) in [7, 11) is 0. The molecule has 2 fully saturated rings. The molecular weight excluding hydrogens is 892 g/mol. The van der Waals surface area contributed by atoms with Crippen molar-refractivity contribution < 1.29 is 38.1 Å². The Morgan fingerprint density at radius 2 is 1.73 bits per heavy atom. The topological polar surface area (TPSA) is 181 Å². The maximum atomic E-state index is 13.9. The van der Waals surface area contributed by atoms with Gasteiger partial charge in [0.2, 0.25) is 17.7 Å². The molecule has 0 bridgehead atoms. The van der Waals surface area contributed by atoms with Gasteiger partial charge in [-0.15, -0.1) is 11.3 Å². The van der Waals surface area contributed by atoms with E-state index in [1.807, 2.05) is 69.5 Å². The zero-order valence-electron chi connectivity index (χ0n) is 39.7. The number of nitrogens with one attached hydrogen (secondary N) is 3. The second-order valence-corrected chi connectivity index (χ2v) is 21.0. The van der Waals surface area contributed by atoms with Gasteiger partial charge in [-0.25, -0.2) is 0 Å². The summed E-state index contributed by atoms with van der Waals surface area (Å²) in [6.07, 6.45) is 10.6. The molecule has 67 heavy (non-hydrogen) atoms. The molecule has 3 aliphatic rings. The zero-order valence-corrected chi connectivity index (χ0v) is 41.3. The molecule has 3 aromatic rings. The van der Waals surface area contributed by atoms with Gasteiger partial charge in [-0.1, -0.05) is 103 Å². The molecule has 3 N–H and O–H groups in total. The number of amides is 4. The van der Waals surface area contributed by atoms with Crippen LogP contribution in [0.3, 0.4) is 0 Å². The van der Waals surface area contributed by atoms with E-state index in [2.05, 4.69) is 54.7 Å². The number of ether oxygens (including phenoxy) is 4. The van der Waals surface area contributed by atoms with Crippen molar-refractivity contribution >= 4 is 46.6 Å². The number of carbonyl (C=O) groups is 4. The average Bonchev–Trinajstić information content (AvgIpc) is 4.03. The van der Waals surface area contributed by atoms with Crippen LogP contribution in [0.25, 0.3) is 10.4 Å². The Kier molecular flexibility index (Phi) is 17.4. The lowest BCUT2D eigenvalue weighted by Gasteiger charge is -2.63. The minimum absolute atomic E-state index is 0.121. The van der Waals surface area contributed by atoms with E-state index in [-0.39, 0.29) is 60.0 Å². The lowest BCUT2D eigenvalue weighted by atomic mass is 9.49. The summed E-state index contributed by atoms with van der Waals surface area (Å²) in [6, 6.07) is 13.5. The van der Waals surface area contributed by atoms with Gasteiger partial charge in [-0.2, -0.15) is 5.26 Å². The van der Waals surface area contributed by atoms with Crippen molar-refractivity contribution in [2.45, 2.75) is 117 Å². The van der Waals surface area contributed by atoms with Gasteiger partial charge in [-0.3, -0.25) is 24.2 Å². The number of aromatic nitrogens is 1. The Hall–Kier alpha value is -5.11. The summed E-state index contributed by atoms with van der Waals surface area (Å²) >= 11 is 7.80. The molecule has 1 saturated carbocycles. The van der Waals surface area contributed by atoms with Crippen LogP contribution in [0.15, 0.2) is 78.0 Å². The molecule has 0 radical (unpaired) electrons. The molecule has 3 atom stereocenters. The van der Waals surface area contributed by atoms with Crippen molar-refractivity contribution in [1.82, 2.24) is 25.8 Å². The van der Waals surface area contributed by atoms with Crippen LogP contribution >= 0.6 is 22.9 Å². The Morgan fingerprint density at radius 1 is 1.00 bits per heavy atom. The predicted octanol–water partition coefficient (Wildman–Crippen LogP) is 7.56. The molecule has 6 rings (SSSR count). The number of rotatable bonds is 21. The summed E-state index contributed by atoms with van der Waals surface area (Å²) in [5.41, 5.74) is 3.47. The van der Waals surface area contributed by atoms with Crippen LogP contribution < -0.4 is 20.7 Å². The number of nitriles is 1. The van der Waals surface area contributed by atoms with Crippen LogP contribution in [0.5, 0.6) is 5.75 Å². The maximum absolute atomic E-state index is 13.9. The fraction of sp³-hybridized carbons (Fsp3) is 0.529. The molecule has 1 unspecified atom stereocenters. The highest BCUT2D eigenvalue weighted by Gasteiger charge is 2.64. The van der Waals surface area contributed by atoms with E-state index in [9.17, 15) is 24.4 Å². The van der Waals surface area contributed by atoms with E-state index in [4.69, 9.17) is 30.5 Å². The summed E-state index contributed by atoms with van der Waals surface area (Å²) in [5.74, 6) is -0.455. The highest BCUT2D eigenvalue weighted by atomic mass is 35.5. The Bertz CT molecular complexity index is 2290. The van der Waals surface area contributed by atoms with Crippen molar-refractivity contribution in [3.05, 3.63) is 94.1 Å². The summed E-state index contributed by atoms with van der Waals surface area (Å²) < 4.78 is 23.7. The zero-order chi connectivity index (χ0) is 48.4. The normalized spacial score (nSPS) is 21.1. The highest BCUT2D eigenvalue weighted by molar-refractivity contribution is 7.13. The number of nitrogens with zero attached hydrogens (tertiary/aromatic N) is 3. The number of carbonyl (C=O) groups excluding carboxylic acids is 4. The number of benzene rings is 2. The number of unbranched alkanes of at least 4 members (excludes halogenated alkanes) is 1. The SMILES string of the molecule is CC(C)(C)[C@H](NC(=O)COCCOCCCCOC1C=CC(C(=O)N[C@H]2C(C)(C)[C@H](Oc3ccc(C#N)c(Cl)c3)C2(C)C)=CC1)C(=O)N1CCC[C@H]1C(=O)NCc1ccc(-c2cncs2)cc1. The van der Waals surface area contributed by atoms with Crippen molar-refractivity contribution in [2.75, 3.05) is 39.6 Å². The van der Waals surface area contributed by atoms with E-state index >= 15 is 0 Å². The van der Waals surface area contributed by atoms with E-state index in [0.29, 0.717) is 74.1 Å². The Morgan fingerprint density at radius 3 is 2.39 bits per heavy atom. The molecule has 2 aliphatic carbocycles. The minimum atomic E-state index is -0.840. The first-order chi connectivity index (χ1) is 31.9. The summed E-state index contributed by atoms with van der Waals surface area (Å²) in [5, 5.41) is 18.7. The fourth-order valence-corrected chi connectivity index (χ4v) is 10.2. The predicted molar refractivity (Wildman–Crippen MR) is 258 cm³/mol. The number of hydrogen-bond donors (Lipinski definition) is 3. The van der Waals surface area contributed by atoms with Gasteiger partial charge in [0, 0.05) is 61.0 Å². The molecule has 0 spiro atoms. The standard InChI is InChI=1S/C51H65ClN6O8S/c1-49(2,3)43(46(62)58-22-10-11-40(58)45(61)55-29-33-12-14-34(15-13-33)41-30-54-32-67-41)56-42(59)31-64-26-25-63-23-8-9-24-65-37-19-16-35(17-20-37)44(60)57-47-50(4,5)48(51(47,6)7)66-38-21-18-36(28-53)39(52)27-38/h12-19,21,27,30,32,37,40,43,47-48H,8-11,20,22-26,29,31H2,1-7H3,(H,55,61)(H,56,59)(H,57,60)/t37?,40-,43+,47-,48-/m0/s1. The second kappa shape index (κ2) is 22.8. The first-order valence-corrected chi connectivity index (χ1v) is 24.3. The molecule has 14 nitrogen and oxygen atoms in total. The van der Waals surface area contributed by atoms with Gasteiger partial charge >= 0.3 is 0 Å². The number of thiazole rings is 1. The fourth-order valence-electron chi connectivity index (χ4n) is 9.40. The largest absolute Gasteiger partial charge is 0.489 e. The van der Waals surface area contributed by atoms with E-state index in [0.717, 1.165) is 28.8 Å². The van der Waals surface area contributed by atoms with Crippen molar-refractivity contribution in [3.63, 3.8) is 0 Å². The number of likely N-dealkylation sites (tertiary alicyclic amines) is 1. The monoisotopic (exact) mass is 956 g/mol. The lowest BCUT2D eigenvalue weighted by molar-refractivity contribution is -0.172. The first kappa shape index (κ1) is 51.3. The molecule has 1 aromatic heterocycles. The molecule has 4 amide bonds. The number of halogens is 1. The highest BCUT2D eigenvalue weighted by Crippen LogP contribution is 2.55. The third-order valence-electron chi connectivity index (χ3n) is 12.8. The molecule has 1 saturated heterocycles. The number of hydrogen-bond acceptors (Lipinski definition) is 11. The van der Waals surface area contributed by atoms with Crippen molar-refractivity contribution in [1.29, 1.82) is 5.26 Å². The molecule has 2 aromatic carbocycles. The molecule has 2 heterocycles. The van der Waals surface area contributed by atoms with Gasteiger partial charge in [-0.05, 0) is 60.8 Å². The quantitative estimate of drug-likeness (QED) is 0.0903. The van der Waals surface area contributed by atoms with Crippen LogP contribution in [0, 0.1) is 27.6 Å². The third-order valence-corrected chi connectivity index (χ3v) is 13.9. The summed E-state index contributed by atoms with van der Waals surface area (Å²) in [4.78, 5) is 60.4. The maximum Gasteiger partial charge on any atom is 0.251 e. The molecule has 360 valence electrons. The van der Waals surface area contributed by atoms with Gasteiger partial charge in [0.25, 0.3) is 5.91 Å². The second-order valence-electron chi connectivity index (χ2n) is 19.7. The molecule has 16 heteroatoms. The van der Waals surface area contributed by atoms with Crippen LogP contribution in [-0.2, 0) is 39.9 Å². The van der Waals surface area contributed by atoms with Gasteiger partial charge in [0.05, 0.1) is 40.3 Å². The van der Waals surface area contributed by atoms with E-state index in [1.165, 1.54) is 0 Å². The van der Waals surface area contributed by atoms with E-state index in [1.54, 1.807) is 39.9 Å². The molecule has 1 aliphatic heterocycles.